The van der Waals surface area contributed by atoms with Crippen molar-refractivity contribution in [3.05, 3.63) is 72.1 Å². The van der Waals surface area contributed by atoms with Crippen molar-refractivity contribution in [3.8, 4) is 16.9 Å². The standard InChI is InChI=1S/C19H14N4O/c24-12-7-5-11(6-8-12)18-15-9-20-19-17(15)14(10-21-23-19)13-3-1-2-4-16(13)22-18/h1-10,18,22,24H,(H,20,23). The Labute approximate surface area is 138 Å². The molecule has 0 saturated heterocycles. The zero-order chi connectivity index (χ0) is 16.1. The van der Waals surface area contributed by atoms with Crippen LogP contribution in [0.15, 0.2) is 60.9 Å². The van der Waals surface area contributed by atoms with Crippen LogP contribution in [0.5, 0.6) is 5.75 Å². The average molecular weight is 314 g/mol. The molecular formula is C19H14N4O. The summed E-state index contributed by atoms with van der Waals surface area (Å²) in [5.41, 5.74) is 6.22. The van der Waals surface area contributed by atoms with Crippen LogP contribution >= 0.6 is 0 Å². The van der Waals surface area contributed by atoms with Gasteiger partial charge in [-0.05, 0) is 23.8 Å². The largest absolute Gasteiger partial charge is 0.508 e. The van der Waals surface area contributed by atoms with E-state index in [0.29, 0.717) is 0 Å². The first-order valence-electron chi connectivity index (χ1n) is 7.79. The lowest BCUT2D eigenvalue weighted by atomic mass is 9.97. The Morgan fingerprint density at radius 1 is 0.958 bits per heavy atom. The lowest BCUT2D eigenvalue weighted by Crippen LogP contribution is -2.11. The van der Waals surface area contributed by atoms with Crippen LogP contribution in [0.25, 0.3) is 22.2 Å². The quantitative estimate of drug-likeness (QED) is 0.499. The predicted octanol–water partition coefficient (Wildman–Crippen LogP) is 3.85. The average Bonchev–Trinajstić information content (AvgIpc) is 2.98. The van der Waals surface area contributed by atoms with E-state index in [1.54, 1.807) is 12.1 Å². The summed E-state index contributed by atoms with van der Waals surface area (Å²) in [4.78, 5) is 3.23. The number of nitrogens with one attached hydrogen (secondary N) is 2. The molecule has 2 aromatic heterocycles. The van der Waals surface area contributed by atoms with Gasteiger partial charge in [-0.2, -0.15) is 5.10 Å². The van der Waals surface area contributed by atoms with E-state index in [2.05, 4.69) is 32.6 Å². The van der Waals surface area contributed by atoms with Gasteiger partial charge in [0.05, 0.1) is 12.2 Å². The van der Waals surface area contributed by atoms with Crippen molar-refractivity contribution in [2.24, 2.45) is 0 Å². The maximum absolute atomic E-state index is 9.59. The smallest absolute Gasteiger partial charge is 0.160 e. The molecule has 1 atom stereocenters. The van der Waals surface area contributed by atoms with Gasteiger partial charge in [-0.3, -0.25) is 0 Å². The molecule has 1 aliphatic rings. The molecule has 2 aromatic carbocycles. The molecule has 0 amide bonds. The number of para-hydroxylation sites is 1. The van der Waals surface area contributed by atoms with Gasteiger partial charge in [0.2, 0.25) is 0 Å². The first-order valence-corrected chi connectivity index (χ1v) is 7.79. The SMILES string of the molecule is Oc1ccc(C2Nc3ccccc3-c3cnnc4[nH]cc2c34)cc1. The van der Waals surface area contributed by atoms with Crippen LogP contribution in [0.1, 0.15) is 17.2 Å². The van der Waals surface area contributed by atoms with Gasteiger partial charge in [-0.25, -0.2) is 0 Å². The second-order valence-electron chi connectivity index (χ2n) is 5.94. The molecule has 0 saturated carbocycles. The highest BCUT2D eigenvalue weighted by Crippen LogP contribution is 2.43. The molecule has 0 spiro atoms. The Hall–Kier alpha value is -3.34. The predicted molar refractivity (Wildman–Crippen MR) is 92.9 cm³/mol. The second kappa shape index (κ2) is 4.83. The fourth-order valence-electron chi connectivity index (χ4n) is 3.44. The minimum absolute atomic E-state index is 0.0362. The number of benzene rings is 2. The van der Waals surface area contributed by atoms with E-state index in [-0.39, 0.29) is 11.8 Å². The third kappa shape index (κ3) is 1.81. The Bertz CT molecular complexity index is 1050. The molecule has 3 N–H and O–H groups in total. The number of anilines is 1. The molecule has 1 unspecified atom stereocenters. The lowest BCUT2D eigenvalue weighted by molar-refractivity contribution is 0.475. The Kier molecular flexibility index (Phi) is 2.64. The van der Waals surface area contributed by atoms with Gasteiger partial charge in [0.15, 0.2) is 5.65 Å². The van der Waals surface area contributed by atoms with Crippen molar-refractivity contribution in [1.82, 2.24) is 15.2 Å². The zero-order valence-electron chi connectivity index (χ0n) is 12.7. The van der Waals surface area contributed by atoms with Crippen molar-refractivity contribution in [2.75, 3.05) is 5.32 Å². The highest BCUT2D eigenvalue weighted by atomic mass is 16.3. The number of nitrogens with zero attached hydrogens (tertiary/aromatic N) is 2. The Balaban J connectivity index is 1.83. The van der Waals surface area contributed by atoms with Gasteiger partial charge in [0.25, 0.3) is 0 Å². The molecule has 3 heterocycles. The molecule has 0 bridgehead atoms. The maximum Gasteiger partial charge on any atom is 0.160 e. The summed E-state index contributed by atoms with van der Waals surface area (Å²) >= 11 is 0. The van der Waals surface area contributed by atoms with Gasteiger partial charge in [0.1, 0.15) is 5.75 Å². The third-order valence-electron chi connectivity index (χ3n) is 4.56. The van der Waals surface area contributed by atoms with E-state index in [1.807, 2.05) is 36.7 Å². The van der Waals surface area contributed by atoms with Gasteiger partial charge >= 0.3 is 0 Å². The minimum Gasteiger partial charge on any atom is -0.508 e. The summed E-state index contributed by atoms with van der Waals surface area (Å²) in [6, 6.07) is 15.5. The van der Waals surface area contributed by atoms with E-state index < -0.39 is 0 Å². The number of aromatic amines is 1. The fraction of sp³-hybridized carbons (Fsp3) is 0.0526. The minimum atomic E-state index is -0.0362. The van der Waals surface area contributed by atoms with E-state index in [1.165, 1.54) is 0 Å². The van der Waals surface area contributed by atoms with Crippen LogP contribution in [0.2, 0.25) is 0 Å². The number of hydrogen-bond donors (Lipinski definition) is 3. The number of fused-ring (bicyclic) bond motifs is 2. The maximum atomic E-state index is 9.59. The molecule has 0 radical (unpaired) electrons. The van der Waals surface area contributed by atoms with Crippen LogP contribution in [0, 0.1) is 0 Å². The van der Waals surface area contributed by atoms with Crippen molar-refractivity contribution in [1.29, 1.82) is 0 Å². The summed E-state index contributed by atoms with van der Waals surface area (Å²) in [6.45, 7) is 0. The summed E-state index contributed by atoms with van der Waals surface area (Å²) in [5.74, 6) is 0.262. The zero-order valence-corrected chi connectivity index (χ0v) is 12.7. The van der Waals surface area contributed by atoms with Crippen LogP contribution in [-0.4, -0.2) is 20.3 Å². The molecule has 5 nitrogen and oxygen atoms in total. The Morgan fingerprint density at radius 3 is 2.67 bits per heavy atom. The third-order valence-corrected chi connectivity index (χ3v) is 4.56. The van der Waals surface area contributed by atoms with Crippen molar-refractivity contribution < 1.29 is 5.11 Å². The van der Waals surface area contributed by atoms with Gasteiger partial charge in [0, 0.05) is 34.0 Å². The summed E-state index contributed by atoms with van der Waals surface area (Å²) in [5, 5.41) is 22.7. The number of hydrogen-bond acceptors (Lipinski definition) is 4. The molecule has 0 aliphatic carbocycles. The molecular weight excluding hydrogens is 300 g/mol. The van der Waals surface area contributed by atoms with Crippen LogP contribution < -0.4 is 5.32 Å². The van der Waals surface area contributed by atoms with Crippen LogP contribution in [-0.2, 0) is 0 Å². The monoisotopic (exact) mass is 314 g/mol. The van der Waals surface area contributed by atoms with E-state index in [0.717, 1.165) is 39.0 Å². The summed E-state index contributed by atoms with van der Waals surface area (Å²) < 4.78 is 0. The highest BCUT2D eigenvalue weighted by Gasteiger charge is 2.26. The van der Waals surface area contributed by atoms with Crippen molar-refractivity contribution in [3.63, 3.8) is 0 Å². The second-order valence-corrected chi connectivity index (χ2v) is 5.94. The number of phenolic OH excluding ortho intramolecular Hbond substituents is 1. The molecule has 4 aromatic rings. The van der Waals surface area contributed by atoms with Crippen molar-refractivity contribution in [2.45, 2.75) is 6.04 Å². The summed E-state index contributed by atoms with van der Waals surface area (Å²) in [7, 11) is 0. The van der Waals surface area contributed by atoms with Crippen molar-refractivity contribution >= 4 is 16.7 Å². The van der Waals surface area contributed by atoms with E-state index >= 15 is 0 Å². The Morgan fingerprint density at radius 2 is 1.79 bits per heavy atom. The fourth-order valence-corrected chi connectivity index (χ4v) is 3.44. The number of aromatic hydroxyl groups is 1. The topological polar surface area (TPSA) is 73.8 Å². The normalized spacial score (nSPS) is 15.6. The van der Waals surface area contributed by atoms with Gasteiger partial charge in [-0.15, -0.1) is 5.10 Å². The highest BCUT2D eigenvalue weighted by molar-refractivity contribution is 6.00. The van der Waals surface area contributed by atoms with Gasteiger partial charge in [-0.1, -0.05) is 30.3 Å². The van der Waals surface area contributed by atoms with Gasteiger partial charge < -0.3 is 15.4 Å². The molecule has 24 heavy (non-hydrogen) atoms. The van der Waals surface area contributed by atoms with Crippen LogP contribution in [0.4, 0.5) is 5.69 Å². The molecule has 1 aliphatic heterocycles. The molecule has 0 fully saturated rings. The first-order chi connectivity index (χ1) is 11.8. The summed E-state index contributed by atoms with van der Waals surface area (Å²) in [6.07, 6.45) is 3.80. The van der Waals surface area contributed by atoms with Crippen LogP contribution in [0.3, 0.4) is 0 Å². The first kappa shape index (κ1) is 13.1. The molecule has 116 valence electrons. The molecule has 5 heteroatoms. The number of rotatable bonds is 1. The number of phenols is 1. The number of aromatic nitrogens is 3. The number of H-pyrrole nitrogens is 1. The van der Waals surface area contributed by atoms with E-state index in [9.17, 15) is 5.11 Å². The molecule has 5 rings (SSSR count). The van der Waals surface area contributed by atoms with E-state index in [4.69, 9.17) is 0 Å². The lowest BCUT2D eigenvalue weighted by Gasteiger charge is -2.19.